The van der Waals surface area contributed by atoms with Crippen molar-refractivity contribution in [3.8, 4) is 0 Å². The third-order valence-corrected chi connectivity index (χ3v) is 3.44. The van der Waals surface area contributed by atoms with E-state index in [1.165, 1.54) is 4.90 Å². The molecular formula is C16H20F3NO2. The van der Waals surface area contributed by atoms with Gasteiger partial charge in [-0.05, 0) is 51.3 Å². The van der Waals surface area contributed by atoms with Gasteiger partial charge in [-0.15, -0.1) is 0 Å². The third-order valence-electron chi connectivity index (χ3n) is 3.44. The Morgan fingerprint density at radius 3 is 2.41 bits per heavy atom. The minimum atomic E-state index is -4.42. The third kappa shape index (κ3) is 3.72. The summed E-state index contributed by atoms with van der Waals surface area (Å²) in [5.41, 5.74) is 0.0900. The molecule has 2 rings (SSSR count). The zero-order chi connectivity index (χ0) is 16.7. The van der Waals surface area contributed by atoms with Crippen LogP contribution in [0.4, 0.5) is 18.0 Å². The maximum atomic E-state index is 13.2. The standard InChI is InChI=1S/C16H20F3NO2/c1-10-7-11-5-6-20(14(21)22-15(2,3)4)9-12(11)13(8-10)16(17,18)19/h7-8H,5-6,9H2,1-4H3. The van der Waals surface area contributed by atoms with Crippen LogP contribution in [0.1, 0.15) is 43.0 Å². The summed E-state index contributed by atoms with van der Waals surface area (Å²) < 4.78 is 44.9. The second kappa shape index (κ2) is 5.48. The van der Waals surface area contributed by atoms with Crippen molar-refractivity contribution in [1.29, 1.82) is 0 Å². The Labute approximate surface area is 128 Å². The molecule has 0 spiro atoms. The second-order valence-corrected chi connectivity index (χ2v) is 6.60. The number of aryl methyl sites for hydroxylation is 1. The second-order valence-electron chi connectivity index (χ2n) is 6.60. The fourth-order valence-corrected chi connectivity index (χ4v) is 2.56. The number of amides is 1. The molecule has 1 amide bonds. The van der Waals surface area contributed by atoms with E-state index < -0.39 is 23.4 Å². The van der Waals surface area contributed by atoms with E-state index in [1.807, 2.05) is 0 Å². The Kier molecular flexibility index (Phi) is 4.15. The summed E-state index contributed by atoms with van der Waals surface area (Å²) in [5, 5.41) is 0. The van der Waals surface area contributed by atoms with Crippen LogP contribution >= 0.6 is 0 Å². The van der Waals surface area contributed by atoms with Gasteiger partial charge in [-0.25, -0.2) is 4.79 Å². The van der Waals surface area contributed by atoms with Crippen LogP contribution in [0.15, 0.2) is 12.1 Å². The molecule has 0 atom stereocenters. The number of carbonyl (C=O) groups is 1. The highest BCUT2D eigenvalue weighted by Gasteiger charge is 2.37. The molecule has 0 fully saturated rings. The van der Waals surface area contributed by atoms with Crippen LogP contribution in [0.3, 0.4) is 0 Å². The Morgan fingerprint density at radius 2 is 1.86 bits per heavy atom. The molecule has 0 aromatic heterocycles. The largest absolute Gasteiger partial charge is 0.444 e. The first-order valence-corrected chi connectivity index (χ1v) is 7.15. The Bertz CT molecular complexity index is 588. The van der Waals surface area contributed by atoms with Gasteiger partial charge in [-0.3, -0.25) is 0 Å². The highest BCUT2D eigenvalue weighted by Crippen LogP contribution is 2.36. The van der Waals surface area contributed by atoms with E-state index in [2.05, 4.69) is 0 Å². The van der Waals surface area contributed by atoms with Gasteiger partial charge in [0.15, 0.2) is 0 Å². The monoisotopic (exact) mass is 315 g/mol. The van der Waals surface area contributed by atoms with Gasteiger partial charge in [0.1, 0.15) is 5.60 Å². The average Bonchev–Trinajstić information content (AvgIpc) is 2.34. The summed E-state index contributed by atoms with van der Waals surface area (Å²) in [4.78, 5) is 13.4. The van der Waals surface area contributed by atoms with Crippen LogP contribution in [0.2, 0.25) is 0 Å². The molecule has 1 aliphatic heterocycles. The number of ether oxygens (including phenoxy) is 1. The van der Waals surface area contributed by atoms with Gasteiger partial charge < -0.3 is 9.64 Å². The molecule has 3 nitrogen and oxygen atoms in total. The van der Waals surface area contributed by atoms with Gasteiger partial charge in [0.2, 0.25) is 0 Å². The first-order valence-electron chi connectivity index (χ1n) is 7.15. The summed E-state index contributed by atoms with van der Waals surface area (Å²) in [6, 6.07) is 2.90. The summed E-state index contributed by atoms with van der Waals surface area (Å²) in [6.07, 6.45) is -4.60. The molecule has 0 unspecified atom stereocenters. The number of hydrogen-bond acceptors (Lipinski definition) is 2. The van der Waals surface area contributed by atoms with E-state index in [1.54, 1.807) is 33.8 Å². The predicted octanol–water partition coefficient (Wildman–Crippen LogP) is 4.31. The van der Waals surface area contributed by atoms with Gasteiger partial charge in [0.25, 0.3) is 0 Å². The van der Waals surface area contributed by atoms with Gasteiger partial charge in [-0.2, -0.15) is 13.2 Å². The lowest BCUT2D eigenvalue weighted by Crippen LogP contribution is -2.40. The van der Waals surface area contributed by atoms with Gasteiger partial charge in [0.05, 0.1) is 5.56 Å². The minimum absolute atomic E-state index is 0.0701. The Morgan fingerprint density at radius 1 is 1.23 bits per heavy atom. The van der Waals surface area contributed by atoms with Crippen LogP contribution in [-0.2, 0) is 23.9 Å². The van der Waals surface area contributed by atoms with E-state index in [0.717, 1.165) is 6.07 Å². The fraction of sp³-hybridized carbons (Fsp3) is 0.562. The lowest BCUT2D eigenvalue weighted by atomic mass is 9.92. The molecule has 1 aromatic rings. The molecule has 1 aliphatic rings. The number of alkyl halides is 3. The predicted molar refractivity (Wildman–Crippen MR) is 76.5 cm³/mol. The normalized spacial score (nSPS) is 15.5. The zero-order valence-corrected chi connectivity index (χ0v) is 13.2. The van der Waals surface area contributed by atoms with Crippen molar-refractivity contribution >= 4 is 6.09 Å². The zero-order valence-electron chi connectivity index (χ0n) is 13.2. The number of benzene rings is 1. The maximum Gasteiger partial charge on any atom is 0.416 e. The molecule has 122 valence electrons. The number of nitrogens with zero attached hydrogens (tertiary/aromatic N) is 1. The number of rotatable bonds is 0. The van der Waals surface area contributed by atoms with Gasteiger partial charge in [-0.1, -0.05) is 11.6 Å². The Balaban J connectivity index is 2.31. The number of hydrogen-bond donors (Lipinski definition) is 0. The highest BCUT2D eigenvalue weighted by molar-refractivity contribution is 5.69. The van der Waals surface area contributed by atoms with Crippen LogP contribution in [0.25, 0.3) is 0 Å². The fourth-order valence-electron chi connectivity index (χ4n) is 2.56. The molecular weight excluding hydrogens is 295 g/mol. The SMILES string of the molecule is Cc1cc2c(c(C(F)(F)F)c1)CN(C(=O)OC(C)(C)C)CC2. The van der Waals surface area contributed by atoms with Crippen LogP contribution < -0.4 is 0 Å². The minimum Gasteiger partial charge on any atom is -0.444 e. The molecule has 0 saturated carbocycles. The van der Waals surface area contributed by atoms with E-state index in [-0.39, 0.29) is 12.1 Å². The van der Waals surface area contributed by atoms with Gasteiger partial charge in [0, 0.05) is 13.1 Å². The van der Waals surface area contributed by atoms with Gasteiger partial charge >= 0.3 is 12.3 Å². The number of carbonyl (C=O) groups excluding carboxylic acids is 1. The first kappa shape index (κ1) is 16.6. The van der Waals surface area contributed by atoms with E-state index >= 15 is 0 Å². The summed E-state index contributed by atoms with van der Waals surface area (Å²) in [6.45, 7) is 7.13. The van der Waals surface area contributed by atoms with Crippen molar-refractivity contribution in [3.63, 3.8) is 0 Å². The van der Waals surface area contributed by atoms with Crippen molar-refractivity contribution in [1.82, 2.24) is 4.90 Å². The van der Waals surface area contributed by atoms with Crippen molar-refractivity contribution < 1.29 is 22.7 Å². The molecule has 0 radical (unpaired) electrons. The first-order chi connectivity index (χ1) is 9.97. The van der Waals surface area contributed by atoms with E-state index in [9.17, 15) is 18.0 Å². The topological polar surface area (TPSA) is 29.5 Å². The maximum absolute atomic E-state index is 13.2. The molecule has 0 aliphatic carbocycles. The van der Waals surface area contributed by atoms with Crippen LogP contribution in [0, 0.1) is 6.92 Å². The average molecular weight is 315 g/mol. The van der Waals surface area contributed by atoms with Crippen LogP contribution in [-0.4, -0.2) is 23.1 Å². The van der Waals surface area contributed by atoms with Crippen molar-refractivity contribution in [2.75, 3.05) is 6.54 Å². The molecule has 0 saturated heterocycles. The Hall–Kier alpha value is -1.72. The summed E-state index contributed by atoms with van der Waals surface area (Å²) in [5.74, 6) is 0. The lowest BCUT2D eigenvalue weighted by Gasteiger charge is -2.32. The number of halogens is 3. The molecule has 1 aromatic carbocycles. The molecule has 1 heterocycles. The van der Waals surface area contributed by atoms with Crippen LogP contribution in [0.5, 0.6) is 0 Å². The van der Waals surface area contributed by atoms with E-state index in [0.29, 0.717) is 24.1 Å². The molecule has 0 N–H and O–H groups in total. The van der Waals surface area contributed by atoms with Crippen molar-refractivity contribution in [2.45, 2.75) is 52.4 Å². The summed E-state index contributed by atoms with van der Waals surface area (Å²) >= 11 is 0. The molecule has 0 bridgehead atoms. The highest BCUT2D eigenvalue weighted by atomic mass is 19.4. The lowest BCUT2D eigenvalue weighted by molar-refractivity contribution is -0.138. The van der Waals surface area contributed by atoms with Crippen molar-refractivity contribution in [3.05, 3.63) is 34.4 Å². The van der Waals surface area contributed by atoms with Crippen molar-refractivity contribution in [2.24, 2.45) is 0 Å². The number of fused-ring (bicyclic) bond motifs is 1. The quantitative estimate of drug-likeness (QED) is 0.714. The molecule has 6 heteroatoms. The summed E-state index contributed by atoms with van der Waals surface area (Å²) in [7, 11) is 0. The smallest absolute Gasteiger partial charge is 0.416 e. The molecule has 22 heavy (non-hydrogen) atoms. The van der Waals surface area contributed by atoms with E-state index in [4.69, 9.17) is 4.74 Å².